The molecule has 0 bridgehead atoms. The Balaban J connectivity index is 1.69. The molecule has 1 aliphatic carbocycles. The lowest BCUT2D eigenvalue weighted by Crippen LogP contribution is -2.37. The predicted molar refractivity (Wildman–Crippen MR) is 117 cm³/mol. The highest BCUT2D eigenvalue weighted by Crippen LogP contribution is 2.42. The minimum atomic E-state index is -0.141. The average molecular weight is 422 g/mol. The molecule has 4 rings (SSSR count). The number of rotatable bonds is 9. The van der Waals surface area contributed by atoms with E-state index in [-0.39, 0.29) is 17.9 Å². The second-order valence-electron chi connectivity index (χ2n) is 7.61. The zero-order valence-electron chi connectivity index (χ0n) is 18.0. The smallest absolute Gasteiger partial charge is 0.255 e. The first-order valence-electron chi connectivity index (χ1n) is 10.5. The summed E-state index contributed by atoms with van der Waals surface area (Å²) in [6, 6.07) is 9.50. The Hall–Kier alpha value is -3.26. The van der Waals surface area contributed by atoms with Crippen molar-refractivity contribution >= 4 is 5.91 Å². The van der Waals surface area contributed by atoms with Crippen LogP contribution >= 0.6 is 0 Å². The molecule has 0 radical (unpaired) electrons. The fourth-order valence-corrected chi connectivity index (χ4v) is 3.62. The highest BCUT2D eigenvalue weighted by atomic mass is 16.5. The molecular weight excluding hydrogens is 394 g/mol. The van der Waals surface area contributed by atoms with E-state index in [1.807, 2.05) is 37.3 Å². The van der Waals surface area contributed by atoms with Crippen molar-refractivity contribution < 1.29 is 14.3 Å². The zero-order valence-corrected chi connectivity index (χ0v) is 18.0. The number of ether oxygens (including phenoxy) is 2. The normalized spacial score (nSPS) is 14.3. The largest absolute Gasteiger partial charge is 0.496 e. The van der Waals surface area contributed by atoms with Gasteiger partial charge in [-0.15, -0.1) is 0 Å². The Morgan fingerprint density at radius 2 is 2.06 bits per heavy atom. The maximum Gasteiger partial charge on any atom is 0.255 e. The summed E-state index contributed by atoms with van der Waals surface area (Å²) < 4.78 is 12.4. The molecule has 0 spiro atoms. The molecule has 8 nitrogen and oxygen atoms in total. The molecule has 2 heterocycles. The number of carbonyl (C=O) groups excluding carboxylic acids is 1. The Bertz CT molecular complexity index is 1060. The average Bonchev–Trinajstić information content (AvgIpc) is 3.56. The SMILES string of the molecule is CC[C@H](COC)NC(=O)c1cnn(-c2nccc(-c3ccccc3OC)n2)c1C1CC1. The van der Waals surface area contributed by atoms with Crippen LogP contribution in [0.3, 0.4) is 0 Å². The van der Waals surface area contributed by atoms with Crippen LogP contribution in [-0.4, -0.2) is 52.5 Å². The number of nitrogens with one attached hydrogen (secondary N) is 1. The van der Waals surface area contributed by atoms with Crippen molar-refractivity contribution in [3.05, 3.63) is 54.0 Å². The van der Waals surface area contributed by atoms with Crippen molar-refractivity contribution in [1.82, 2.24) is 25.1 Å². The lowest BCUT2D eigenvalue weighted by molar-refractivity contribution is 0.0893. The van der Waals surface area contributed by atoms with Crippen LogP contribution in [-0.2, 0) is 4.74 Å². The van der Waals surface area contributed by atoms with Crippen molar-refractivity contribution in [2.45, 2.75) is 38.1 Å². The van der Waals surface area contributed by atoms with Crippen molar-refractivity contribution in [3.63, 3.8) is 0 Å². The lowest BCUT2D eigenvalue weighted by Gasteiger charge is -2.16. The lowest BCUT2D eigenvalue weighted by atomic mass is 10.1. The number of para-hydroxylation sites is 1. The fourth-order valence-electron chi connectivity index (χ4n) is 3.62. The molecule has 31 heavy (non-hydrogen) atoms. The number of amides is 1. The van der Waals surface area contributed by atoms with E-state index in [4.69, 9.17) is 14.5 Å². The third-order valence-electron chi connectivity index (χ3n) is 5.43. The summed E-state index contributed by atoms with van der Waals surface area (Å²) in [5, 5.41) is 7.54. The summed E-state index contributed by atoms with van der Waals surface area (Å²) in [4.78, 5) is 22.1. The van der Waals surface area contributed by atoms with Gasteiger partial charge in [0.25, 0.3) is 11.9 Å². The molecule has 3 aromatic rings. The summed E-state index contributed by atoms with van der Waals surface area (Å²) in [5.41, 5.74) is 3.04. The van der Waals surface area contributed by atoms with Crippen molar-refractivity contribution in [3.8, 4) is 23.0 Å². The van der Waals surface area contributed by atoms with E-state index < -0.39 is 0 Å². The molecule has 1 aliphatic rings. The van der Waals surface area contributed by atoms with Gasteiger partial charge in [-0.05, 0) is 37.5 Å². The molecule has 1 atom stereocenters. The predicted octanol–water partition coefficient (Wildman–Crippen LogP) is 3.37. The van der Waals surface area contributed by atoms with Gasteiger partial charge < -0.3 is 14.8 Å². The second-order valence-corrected chi connectivity index (χ2v) is 7.61. The van der Waals surface area contributed by atoms with Crippen LogP contribution in [0.5, 0.6) is 5.75 Å². The molecule has 1 amide bonds. The van der Waals surface area contributed by atoms with Gasteiger partial charge in [0.2, 0.25) is 0 Å². The van der Waals surface area contributed by atoms with Crippen LogP contribution in [0.25, 0.3) is 17.2 Å². The zero-order chi connectivity index (χ0) is 21.8. The first-order chi connectivity index (χ1) is 15.2. The monoisotopic (exact) mass is 421 g/mol. The topological polar surface area (TPSA) is 91.2 Å². The Morgan fingerprint density at radius 1 is 1.26 bits per heavy atom. The van der Waals surface area contributed by atoms with Crippen molar-refractivity contribution in [2.24, 2.45) is 0 Å². The van der Waals surface area contributed by atoms with Gasteiger partial charge in [-0.25, -0.2) is 14.6 Å². The molecule has 2 aromatic heterocycles. The van der Waals surface area contributed by atoms with Crippen molar-refractivity contribution in [2.75, 3.05) is 20.8 Å². The van der Waals surface area contributed by atoms with Crippen LogP contribution < -0.4 is 10.1 Å². The summed E-state index contributed by atoms with van der Waals surface area (Å²) in [6.45, 7) is 2.49. The van der Waals surface area contributed by atoms with Crippen LogP contribution in [0, 0.1) is 0 Å². The molecule has 8 heteroatoms. The standard InChI is InChI=1S/C23H27N5O3/c1-4-16(14-30-2)26-22(29)18-13-25-28(21(18)15-9-10-15)23-24-12-11-19(27-23)17-7-5-6-8-20(17)31-3/h5-8,11-13,15-16H,4,9-10,14H2,1-3H3,(H,26,29)/t16-/m1/s1. The molecule has 1 fully saturated rings. The summed E-state index contributed by atoms with van der Waals surface area (Å²) in [5.74, 6) is 1.31. The first kappa shape index (κ1) is 21.0. The maximum atomic E-state index is 13.0. The molecule has 1 saturated carbocycles. The van der Waals surface area contributed by atoms with E-state index in [0.29, 0.717) is 18.1 Å². The van der Waals surface area contributed by atoms with Crippen LogP contribution in [0.1, 0.15) is 48.2 Å². The minimum Gasteiger partial charge on any atom is -0.496 e. The van der Waals surface area contributed by atoms with Crippen LogP contribution in [0.15, 0.2) is 42.7 Å². The third-order valence-corrected chi connectivity index (χ3v) is 5.43. The molecule has 0 aliphatic heterocycles. The first-order valence-corrected chi connectivity index (χ1v) is 10.5. The number of hydrogen-bond acceptors (Lipinski definition) is 6. The van der Waals surface area contributed by atoms with Gasteiger partial charge in [0.15, 0.2) is 0 Å². The number of methoxy groups -OCH3 is 2. The van der Waals surface area contributed by atoms with Gasteiger partial charge in [0.05, 0.1) is 42.9 Å². The van der Waals surface area contributed by atoms with E-state index in [0.717, 1.165) is 42.0 Å². The Kier molecular flexibility index (Phi) is 6.27. The van der Waals surface area contributed by atoms with Crippen LogP contribution in [0.2, 0.25) is 0 Å². The van der Waals surface area contributed by atoms with E-state index in [2.05, 4.69) is 15.4 Å². The summed E-state index contributed by atoms with van der Waals surface area (Å²) in [6.07, 6.45) is 6.15. The number of nitrogens with zero attached hydrogens (tertiary/aromatic N) is 4. The van der Waals surface area contributed by atoms with Crippen molar-refractivity contribution in [1.29, 1.82) is 0 Å². The molecular formula is C23H27N5O3. The quantitative estimate of drug-likeness (QED) is 0.570. The second kappa shape index (κ2) is 9.26. The van der Waals surface area contributed by atoms with E-state index in [1.165, 1.54) is 0 Å². The number of benzene rings is 1. The molecule has 0 saturated heterocycles. The summed E-state index contributed by atoms with van der Waals surface area (Å²) in [7, 11) is 3.27. The highest BCUT2D eigenvalue weighted by molar-refractivity contribution is 5.95. The minimum absolute atomic E-state index is 0.0435. The molecule has 0 unspecified atom stereocenters. The summed E-state index contributed by atoms with van der Waals surface area (Å²) >= 11 is 0. The van der Waals surface area contributed by atoms with E-state index in [1.54, 1.807) is 31.3 Å². The number of hydrogen-bond donors (Lipinski definition) is 1. The Morgan fingerprint density at radius 3 is 2.77 bits per heavy atom. The van der Waals surface area contributed by atoms with E-state index >= 15 is 0 Å². The van der Waals surface area contributed by atoms with Gasteiger partial charge in [-0.1, -0.05) is 19.1 Å². The third kappa shape index (κ3) is 4.44. The fraction of sp³-hybridized carbons (Fsp3) is 0.391. The highest BCUT2D eigenvalue weighted by Gasteiger charge is 2.34. The number of carbonyl (C=O) groups is 1. The van der Waals surface area contributed by atoms with E-state index in [9.17, 15) is 4.79 Å². The Labute approximate surface area is 181 Å². The maximum absolute atomic E-state index is 13.0. The number of aromatic nitrogens is 4. The van der Waals surface area contributed by atoms with Gasteiger partial charge >= 0.3 is 0 Å². The molecule has 162 valence electrons. The molecule has 1 N–H and O–H groups in total. The van der Waals surface area contributed by atoms with Gasteiger partial charge in [-0.3, -0.25) is 4.79 Å². The van der Waals surface area contributed by atoms with Gasteiger partial charge in [-0.2, -0.15) is 5.10 Å². The molecule has 1 aromatic carbocycles. The van der Waals surface area contributed by atoms with Crippen LogP contribution in [0.4, 0.5) is 0 Å². The van der Waals surface area contributed by atoms with Gasteiger partial charge in [0, 0.05) is 24.8 Å². The van der Waals surface area contributed by atoms with Gasteiger partial charge in [0.1, 0.15) is 5.75 Å².